The van der Waals surface area contributed by atoms with E-state index in [0.717, 1.165) is 12.1 Å². The fourth-order valence-electron chi connectivity index (χ4n) is 10.3. The standard InChI is InChI=1S/C44H65F3O10Si2.C33H39F3O10/c1-30(31(2)57-59(12,13)42(3,4)5)22-23-35(54-40(48)32-18-15-14-16-19-32)39-36(55-43(6,7)56-39)21-17-20-33-26-34(52-28-44(45,46)47)27-37(53-29-50-8)38(33)41(49)51-24-25-58(9,10)11;1-20(21(2)37)14-15-25(44-31(40)22-10-7-6-8-11-22)29-26(45-32(3,4)46-29)13-9-12-23-16-24(42-18-33(34,35)36)17-27(43-19-41-5)28(23)30(38)39/h14-20,22-23,26-27,30-31,35-36,39H,21,24-25,28-29H2,1-13H3;6-12,14-17,20-21,25-26,29,37H,13,18-19H2,1-5H3,(H,38,39)/b20-17+,23-22-;12-9+,15-14-/t30-,31+,35?,36+,39-;20-,21+,25?,26+,29-/m11/s1. The quantitative estimate of drug-likeness (QED) is 0.0109. The zero-order valence-electron chi connectivity index (χ0n) is 63.1. The van der Waals surface area contributed by atoms with Crippen molar-refractivity contribution in [3.05, 3.63) is 155 Å². The van der Waals surface area contributed by atoms with E-state index in [1.54, 1.807) is 127 Å². The van der Waals surface area contributed by atoms with Gasteiger partial charge in [-0.05, 0) is 150 Å². The number of carbonyl (C=O) groups excluding carboxylic acids is 3. The molecule has 10 atom stereocenters. The van der Waals surface area contributed by atoms with Gasteiger partial charge in [-0.15, -0.1) is 0 Å². The molecule has 2 aliphatic rings. The fourth-order valence-corrected chi connectivity index (χ4v) is 12.5. The number of alkyl halides is 6. The summed E-state index contributed by atoms with van der Waals surface area (Å²) in [5.41, 5.74) is 0.559. The van der Waals surface area contributed by atoms with Crippen molar-refractivity contribution in [2.45, 2.75) is 206 Å². The number of esters is 3. The molecule has 2 unspecified atom stereocenters. The summed E-state index contributed by atoms with van der Waals surface area (Å²) >= 11 is 0. The predicted octanol–water partition coefficient (Wildman–Crippen LogP) is 16.9. The molecule has 0 aliphatic carbocycles. The number of aromatic carboxylic acids is 1. The smallest absolute Gasteiger partial charge is 0.422 e. The molecular weight excluding hydrogens is 1410 g/mol. The van der Waals surface area contributed by atoms with E-state index in [1.807, 2.05) is 32.1 Å². The molecule has 4 aromatic carbocycles. The van der Waals surface area contributed by atoms with Gasteiger partial charge in [-0.3, -0.25) is 0 Å². The van der Waals surface area contributed by atoms with Gasteiger partial charge in [0.15, 0.2) is 46.7 Å². The van der Waals surface area contributed by atoms with Crippen LogP contribution in [0.4, 0.5) is 26.3 Å². The van der Waals surface area contributed by atoms with Gasteiger partial charge in [0.2, 0.25) is 0 Å². The number of carbonyl (C=O) groups is 4. The van der Waals surface area contributed by atoms with Crippen LogP contribution in [0.3, 0.4) is 0 Å². The Morgan fingerprint density at radius 1 is 0.571 bits per heavy atom. The van der Waals surface area contributed by atoms with Crippen molar-refractivity contribution >= 4 is 52.4 Å². The summed E-state index contributed by atoms with van der Waals surface area (Å²) in [7, 11) is -0.975. The minimum absolute atomic E-state index is 0.00525. The third-order valence-corrected chi connectivity index (χ3v) is 23.4. The van der Waals surface area contributed by atoms with Crippen LogP contribution in [0, 0.1) is 11.8 Å². The Hall–Kier alpha value is -7.39. The van der Waals surface area contributed by atoms with E-state index < -0.39 is 120 Å². The van der Waals surface area contributed by atoms with Crippen molar-refractivity contribution < 1.29 is 122 Å². The lowest BCUT2D eigenvalue weighted by Crippen LogP contribution is -2.44. The van der Waals surface area contributed by atoms with Crippen LogP contribution in [-0.4, -0.2) is 171 Å². The Balaban J connectivity index is 0.000000389. The highest BCUT2D eigenvalue weighted by Gasteiger charge is 2.48. The molecule has 105 heavy (non-hydrogen) atoms. The van der Waals surface area contributed by atoms with Gasteiger partial charge in [-0.1, -0.05) is 127 Å². The molecule has 2 heterocycles. The number of carboxylic acids is 1. The summed E-state index contributed by atoms with van der Waals surface area (Å²) in [5, 5.41) is 19.9. The van der Waals surface area contributed by atoms with E-state index in [0.29, 0.717) is 17.2 Å². The summed E-state index contributed by atoms with van der Waals surface area (Å²) in [6.45, 7) is 28.2. The van der Waals surface area contributed by atoms with E-state index in [-0.39, 0.29) is 101 Å². The monoisotopic (exact) mass is 1520 g/mol. The number of aliphatic hydroxyl groups excluding tert-OH is 1. The first-order valence-corrected chi connectivity index (χ1v) is 41.1. The molecular formula is C77H104F6O20Si2. The van der Waals surface area contributed by atoms with Crippen molar-refractivity contribution in [1.82, 2.24) is 0 Å². The molecule has 2 saturated heterocycles. The molecule has 2 aliphatic heterocycles. The van der Waals surface area contributed by atoms with E-state index in [2.05, 4.69) is 53.5 Å². The van der Waals surface area contributed by atoms with Crippen LogP contribution in [-0.2, 0) is 47.1 Å². The molecule has 6 rings (SSSR count). The number of benzene rings is 4. The first kappa shape index (κ1) is 88.2. The van der Waals surface area contributed by atoms with Crippen molar-refractivity contribution in [2.24, 2.45) is 11.8 Å². The van der Waals surface area contributed by atoms with E-state index in [1.165, 1.54) is 32.4 Å². The largest absolute Gasteiger partial charge is 0.484 e. The highest BCUT2D eigenvalue weighted by atomic mass is 28.4. The van der Waals surface area contributed by atoms with Crippen molar-refractivity contribution in [1.29, 1.82) is 0 Å². The highest BCUT2D eigenvalue weighted by Crippen LogP contribution is 2.41. The third-order valence-electron chi connectivity index (χ3n) is 17.1. The van der Waals surface area contributed by atoms with Crippen LogP contribution in [0.1, 0.15) is 142 Å². The SMILES string of the molecule is COCOc1cc(OCC(F)(F)F)cc(/C=C/C[C@@H]2OC(C)(C)O[C@@H]2C(/C=C\[C@@H](C)[C@H](C)O)OC(=O)c2ccccc2)c1C(=O)O.COCOc1cc(OCC(F)(F)F)cc(/C=C/C[C@@H]2OC(C)(C)O[C@@H]2C(/C=C\[C@@H](C)[C@H](C)O[Si](C)(C)C(C)(C)C)OC(=O)c2ccccc2)c1C(=O)OCC[Si](C)(C)C. The number of methoxy groups -OCH3 is 2. The summed E-state index contributed by atoms with van der Waals surface area (Å²) in [5.74, 6) is -6.51. The Morgan fingerprint density at radius 2 is 0.981 bits per heavy atom. The number of ether oxygens (including phenoxy) is 13. The third kappa shape index (κ3) is 29.4. The topological polar surface area (TPSA) is 238 Å². The fraction of sp³-hybridized carbons (Fsp3) is 0.532. The normalized spacial score (nSPS) is 19.5. The summed E-state index contributed by atoms with van der Waals surface area (Å²) in [4.78, 5) is 52.4. The maximum absolute atomic E-state index is 13.6. The van der Waals surface area contributed by atoms with Gasteiger partial charge in [0.05, 0.1) is 36.0 Å². The van der Waals surface area contributed by atoms with Crippen LogP contribution in [0.25, 0.3) is 12.2 Å². The summed E-state index contributed by atoms with van der Waals surface area (Å²) in [6.07, 6.45) is -1.19. The van der Waals surface area contributed by atoms with Crippen LogP contribution in [0.15, 0.2) is 121 Å². The lowest BCUT2D eigenvalue weighted by atomic mass is 9.99. The van der Waals surface area contributed by atoms with Gasteiger partial charge >= 0.3 is 36.2 Å². The Labute approximate surface area is 614 Å². The average Bonchev–Trinajstić information content (AvgIpc) is 1.78. The second-order valence-electron chi connectivity index (χ2n) is 29.3. The number of hydrogen-bond donors (Lipinski definition) is 2. The zero-order valence-corrected chi connectivity index (χ0v) is 65.1. The number of halogens is 6. The van der Waals surface area contributed by atoms with Crippen molar-refractivity contribution in [3.63, 3.8) is 0 Å². The summed E-state index contributed by atoms with van der Waals surface area (Å²) in [6, 6.07) is 22.5. The number of hydrogen-bond acceptors (Lipinski definition) is 19. The average molecular weight is 1520 g/mol. The molecule has 582 valence electrons. The van der Waals surface area contributed by atoms with Gasteiger partial charge in [0.1, 0.15) is 58.5 Å². The molecule has 0 spiro atoms. The van der Waals surface area contributed by atoms with Crippen molar-refractivity contribution in [3.8, 4) is 23.0 Å². The molecule has 2 N–H and O–H groups in total. The Morgan fingerprint density at radius 3 is 1.36 bits per heavy atom. The molecule has 0 aromatic heterocycles. The van der Waals surface area contributed by atoms with E-state index in [9.17, 15) is 55.7 Å². The molecule has 0 amide bonds. The lowest BCUT2D eigenvalue weighted by molar-refractivity contribution is -0.154. The summed E-state index contributed by atoms with van der Waals surface area (Å²) < 4.78 is 158. The van der Waals surface area contributed by atoms with Crippen LogP contribution in [0.5, 0.6) is 23.0 Å². The highest BCUT2D eigenvalue weighted by molar-refractivity contribution is 6.76. The molecule has 28 heteroatoms. The van der Waals surface area contributed by atoms with Crippen LogP contribution in [0.2, 0.25) is 43.8 Å². The number of rotatable bonds is 35. The van der Waals surface area contributed by atoms with Gasteiger partial charge in [-0.2, -0.15) is 26.3 Å². The maximum Gasteiger partial charge on any atom is 0.422 e. The minimum Gasteiger partial charge on any atom is -0.484 e. The molecule has 0 bridgehead atoms. The Bertz CT molecular complexity index is 3570. The minimum atomic E-state index is -4.63. The lowest BCUT2D eigenvalue weighted by Gasteiger charge is -2.39. The Kier molecular flexibility index (Phi) is 32.7. The first-order valence-electron chi connectivity index (χ1n) is 34.5. The maximum atomic E-state index is 13.6. The zero-order chi connectivity index (χ0) is 78.5. The second kappa shape index (κ2) is 38.9. The van der Waals surface area contributed by atoms with Crippen LogP contribution >= 0.6 is 0 Å². The molecule has 0 radical (unpaired) electrons. The van der Waals surface area contributed by atoms with Gasteiger partial charge in [0.25, 0.3) is 0 Å². The molecule has 2 fully saturated rings. The van der Waals surface area contributed by atoms with Crippen LogP contribution < -0.4 is 18.9 Å². The van der Waals surface area contributed by atoms with Crippen molar-refractivity contribution in [2.75, 3.05) is 47.6 Å². The number of aliphatic hydroxyl groups is 1. The predicted molar refractivity (Wildman–Crippen MR) is 389 cm³/mol. The second-order valence-corrected chi connectivity index (χ2v) is 39.6. The van der Waals surface area contributed by atoms with Gasteiger partial charge in [0, 0.05) is 40.5 Å². The van der Waals surface area contributed by atoms with Gasteiger partial charge in [-0.25, -0.2) is 19.2 Å². The van der Waals surface area contributed by atoms with E-state index >= 15 is 0 Å². The van der Waals surface area contributed by atoms with E-state index in [4.69, 9.17) is 66.0 Å². The molecule has 20 nitrogen and oxygen atoms in total. The first-order chi connectivity index (χ1) is 48.8. The molecule has 4 aromatic rings. The molecule has 0 saturated carbocycles. The van der Waals surface area contributed by atoms with Gasteiger partial charge < -0.3 is 76.2 Å². The number of carboxylic acid groups (broad SMARTS) is 1.